The van der Waals surface area contributed by atoms with E-state index >= 15 is 0 Å². The molecule has 0 aromatic heterocycles. The summed E-state index contributed by atoms with van der Waals surface area (Å²) >= 11 is 7.87. The number of carbonyl (C=O) groups excluding carboxylic acids is 1. The van der Waals surface area contributed by atoms with Crippen molar-refractivity contribution in [3.8, 4) is 0 Å². The number of amides is 1. The normalized spacial score (nSPS) is 11.2. The van der Waals surface area contributed by atoms with Gasteiger partial charge >= 0.3 is 0 Å². The third-order valence-electron chi connectivity index (χ3n) is 4.84. The lowest BCUT2D eigenvalue weighted by Gasteiger charge is -2.26. The predicted octanol–water partition coefficient (Wildman–Crippen LogP) is 5.06. The van der Waals surface area contributed by atoms with Crippen LogP contribution in [-0.4, -0.2) is 33.2 Å². The summed E-state index contributed by atoms with van der Waals surface area (Å²) in [5.74, 6) is 0.296. The van der Waals surface area contributed by atoms with E-state index in [4.69, 9.17) is 11.6 Å². The van der Waals surface area contributed by atoms with E-state index in [9.17, 15) is 13.2 Å². The molecule has 3 aromatic rings. The van der Waals surface area contributed by atoms with Crippen molar-refractivity contribution in [3.63, 3.8) is 0 Å². The molecular formula is C24H25ClN2O3S2. The number of nitrogens with one attached hydrogen (secondary N) is 1. The highest BCUT2D eigenvalue weighted by atomic mass is 35.5. The molecule has 32 heavy (non-hydrogen) atoms. The third kappa shape index (κ3) is 6.06. The van der Waals surface area contributed by atoms with Gasteiger partial charge in [0, 0.05) is 22.2 Å². The Morgan fingerprint density at radius 1 is 0.969 bits per heavy atom. The number of nitrogens with zero attached hydrogens (tertiary/aromatic N) is 1. The maximum Gasteiger partial charge on any atom is 0.264 e. The molecule has 3 aromatic carbocycles. The van der Waals surface area contributed by atoms with Crippen molar-refractivity contribution < 1.29 is 13.2 Å². The summed E-state index contributed by atoms with van der Waals surface area (Å²) in [5.41, 5.74) is 1.92. The summed E-state index contributed by atoms with van der Waals surface area (Å²) in [6.07, 6.45) is 0. The highest BCUT2D eigenvalue weighted by Crippen LogP contribution is 2.30. The lowest BCUT2D eigenvalue weighted by molar-refractivity contribution is -0.119. The first-order chi connectivity index (χ1) is 15.3. The van der Waals surface area contributed by atoms with Gasteiger partial charge in [0.1, 0.15) is 6.54 Å². The monoisotopic (exact) mass is 488 g/mol. The van der Waals surface area contributed by atoms with Crippen LogP contribution in [0.15, 0.2) is 82.6 Å². The third-order valence-corrected chi connectivity index (χ3v) is 8.04. The minimum atomic E-state index is -3.97. The van der Waals surface area contributed by atoms with E-state index in [2.05, 4.69) is 5.32 Å². The molecule has 0 fully saturated rings. The molecule has 8 heteroatoms. The van der Waals surface area contributed by atoms with Gasteiger partial charge in [0.05, 0.1) is 10.6 Å². The van der Waals surface area contributed by atoms with Crippen molar-refractivity contribution in [2.75, 3.05) is 23.1 Å². The zero-order chi connectivity index (χ0) is 23.1. The number of benzene rings is 3. The summed E-state index contributed by atoms with van der Waals surface area (Å²) in [5, 5.41) is 3.26. The molecule has 5 nitrogen and oxygen atoms in total. The molecule has 0 atom stereocenters. The van der Waals surface area contributed by atoms with Gasteiger partial charge in [-0.2, -0.15) is 0 Å². The molecule has 3 rings (SSSR count). The molecule has 0 aliphatic rings. The second kappa shape index (κ2) is 10.9. The van der Waals surface area contributed by atoms with Crippen molar-refractivity contribution in [2.24, 2.45) is 0 Å². The van der Waals surface area contributed by atoms with Gasteiger partial charge in [-0.05, 0) is 55.8 Å². The first kappa shape index (κ1) is 24.2. The maximum atomic E-state index is 13.5. The Morgan fingerprint density at radius 3 is 2.34 bits per heavy atom. The van der Waals surface area contributed by atoms with Crippen molar-refractivity contribution in [1.29, 1.82) is 0 Å². The molecule has 0 unspecified atom stereocenters. The van der Waals surface area contributed by atoms with Crippen LogP contribution in [-0.2, 0) is 14.8 Å². The molecule has 1 N–H and O–H groups in total. The molecule has 168 valence electrons. The molecule has 0 heterocycles. The van der Waals surface area contributed by atoms with E-state index in [1.807, 2.05) is 37.3 Å². The summed E-state index contributed by atoms with van der Waals surface area (Å²) in [4.78, 5) is 13.9. The second-order valence-electron chi connectivity index (χ2n) is 7.22. The van der Waals surface area contributed by atoms with Crippen molar-refractivity contribution in [2.45, 2.75) is 23.6 Å². The molecular weight excluding hydrogens is 464 g/mol. The number of hydrogen-bond donors (Lipinski definition) is 1. The number of sulfonamides is 1. The molecule has 0 saturated carbocycles. The van der Waals surface area contributed by atoms with E-state index < -0.39 is 10.0 Å². The van der Waals surface area contributed by atoms with Gasteiger partial charge in [0.2, 0.25) is 5.91 Å². The predicted molar refractivity (Wildman–Crippen MR) is 132 cm³/mol. The summed E-state index contributed by atoms with van der Waals surface area (Å²) < 4.78 is 28.0. The average molecular weight is 489 g/mol. The molecule has 0 spiro atoms. The first-order valence-electron chi connectivity index (χ1n) is 10.1. The number of hydrogen-bond acceptors (Lipinski definition) is 4. The van der Waals surface area contributed by atoms with Crippen LogP contribution in [0.5, 0.6) is 0 Å². The number of aryl methyl sites for hydroxylation is 1. The van der Waals surface area contributed by atoms with Crippen molar-refractivity contribution in [1.82, 2.24) is 5.32 Å². The van der Waals surface area contributed by atoms with Crippen LogP contribution in [0.2, 0.25) is 5.02 Å². The lowest BCUT2D eigenvalue weighted by atomic mass is 10.2. The van der Waals surface area contributed by atoms with E-state index in [1.54, 1.807) is 61.2 Å². The van der Waals surface area contributed by atoms with Gasteiger partial charge in [-0.3, -0.25) is 9.10 Å². The summed E-state index contributed by atoms with van der Waals surface area (Å²) in [6.45, 7) is 3.71. The van der Waals surface area contributed by atoms with E-state index in [1.165, 1.54) is 0 Å². The smallest absolute Gasteiger partial charge is 0.264 e. The minimum absolute atomic E-state index is 0.120. The average Bonchev–Trinajstić information content (AvgIpc) is 2.78. The Balaban J connectivity index is 1.77. The molecule has 0 aliphatic heterocycles. The fourth-order valence-corrected chi connectivity index (χ4v) is 5.50. The molecule has 0 radical (unpaired) electrons. The van der Waals surface area contributed by atoms with Gasteiger partial charge in [0.25, 0.3) is 10.0 Å². The highest BCUT2D eigenvalue weighted by molar-refractivity contribution is 7.99. The molecule has 0 aliphatic carbocycles. The fraction of sp³-hybridized carbons (Fsp3) is 0.208. The zero-order valence-corrected chi connectivity index (χ0v) is 20.3. The number of halogens is 1. The Morgan fingerprint density at radius 2 is 1.66 bits per heavy atom. The van der Waals surface area contributed by atoms with Crippen LogP contribution in [0.3, 0.4) is 0 Å². The Labute approximate surface area is 198 Å². The second-order valence-corrected chi connectivity index (χ2v) is 10.7. The molecule has 0 saturated heterocycles. The molecule has 1 amide bonds. The van der Waals surface area contributed by atoms with Crippen LogP contribution in [0, 0.1) is 13.8 Å². The van der Waals surface area contributed by atoms with Crippen molar-refractivity contribution >= 4 is 45.0 Å². The zero-order valence-electron chi connectivity index (χ0n) is 17.9. The number of thioether (sulfide) groups is 1. The van der Waals surface area contributed by atoms with Gasteiger partial charge in [-0.1, -0.05) is 53.6 Å². The van der Waals surface area contributed by atoms with Crippen molar-refractivity contribution in [3.05, 3.63) is 88.9 Å². The van der Waals surface area contributed by atoms with E-state index in [0.29, 0.717) is 28.6 Å². The van der Waals surface area contributed by atoms with Crippen LogP contribution in [0.1, 0.15) is 11.1 Å². The SMILES string of the molecule is Cc1ccc(S(=O)(=O)N(CC(=O)NCCSc2ccccc2)c2cccc(Cl)c2C)cc1. The van der Waals surface area contributed by atoms with E-state index in [-0.39, 0.29) is 17.3 Å². The Hall–Kier alpha value is -2.48. The number of carbonyl (C=O) groups is 1. The Kier molecular flexibility index (Phi) is 8.23. The molecule has 0 bridgehead atoms. The standard InChI is InChI=1S/C24H25ClN2O3S2/c1-18-11-13-21(14-12-18)32(29,30)27(23-10-6-9-22(25)19(23)2)17-24(28)26-15-16-31-20-7-4-3-5-8-20/h3-14H,15-17H2,1-2H3,(H,26,28). The van der Waals surface area contributed by atoms with Gasteiger partial charge in [-0.15, -0.1) is 11.8 Å². The maximum absolute atomic E-state index is 13.5. The van der Waals surface area contributed by atoms with E-state index in [0.717, 1.165) is 14.8 Å². The Bertz CT molecular complexity index is 1170. The van der Waals surface area contributed by atoms with Gasteiger partial charge in [-0.25, -0.2) is 8.42 Å². The fourth-order valence-electron chi connectivity index (χ4n) is 3.07. The highest BCUT2D eigenvalue weighted by Gasteiger charge is 2.28. The van der Waals surface area contributed by atoms with Crippen LogP contribution in [0.25, 0.3) is 0 Å². The summed E-state index contributed by atoms with van der Waals surface area (Å²) in [7, 11) is -3.97. The largest absolute Gasteiger partial charge is 0.354 e. The van der Waals surface area contributed by atoms with Gasteiger partial charge in [0.15, 0.2) is 0 Å². The lowest BCUT2D eigenvalue weighted by Crippen LogP contribution is -2.41. The topological polar surface area (TPSA) is 66.5 Å². The minimum Gasteiger partial charge on any atom is -0.354 e. The quantitative estimate of drug-likeness (QED) is 0.337. The van der Waals surface area contributed by atoms with Gasteiger partial charge < -0.3 is 5.32 Å². The number of anilines is 1. The van der Waals surface area contributed by atoms with Crippen LogP contribution >= 0.6 is 23.4 Å². The summed E-state index contributed by atoms with van der Waals surface area (Å²) in [6, 6.07) is 21.5. The number of rotatable bonds is 9. The van der Waals surface area contributed by atoms with Crippen LogP contribution in [0.4, 0.5) is 5.69 Å². The first-order valence-corrected chi connectivity index (χ1v) is 12.9. The van der Waals surface area contributed by atoms with Crippen LogP contribution < -0.4 is 9.62 Å².